The number of aromatic hydroxyl groups is 1. The van der Waals surface area contributed by atoms with Gasteiger partial charge in [0, 0.05) is 0 Å². The van der Waals surface area contributed by atoms with Crippen LogP contribution in [0.2, 0.25) is 0 Å². The van der Waals surface area contributed by atoms with E-state index < -0.39 is 0 Å². The van der Waals surface area contributed by atoms with Gasteiger partial charge in [0.2, 0.25) is 0 Å². The molecular weight excluding hydrogens is 368 g/mol. The van der Waals surface area contributed by atoms with Crippen molar-refractivity contribution in [1.82, 2.24) is 0 Å². The van der Waals surface area contributed by atoms with Crippen LogP contribution < -0.4 is 4.74 Å². The van der Waals surface area contributed by atoms with E-state index in [-0.39, 0.29) is 5.60 Å². The molecule has 2 heteroatoms. The van der Waals surface area contributed by atoms with Crippen molar-refractivity contribution in [1.29, 1.82) is 0 Å². The van der Waals surface area contributed by atoms with E-state index in [1.807, 2.05) is 12.1 Å². The topological polar surface area (TPSA) is 29.5 Å². The fraction of sp³-hybridized carbons (Fsp3) is 0.500. The Morgan fingerprint density at radius 2 is 1.53 bits per heavy atom. The highest BCUT2D eigenvalue weighted by Gasteiger charge is 2.30. The van der Waals surface area contributed by atoms with E-state index in [0.717, 1.165) is 56.3 Å². The highest BCUT2D eigenvalue weighted by molar-refractivity contribution is 5.41. The minimum absolute atomic E-state index is 0.125. The van der Waals surface area contributed by atoms with Crippen molar-refractivity contribution >= 4 is 0 Å². The molecule has 1 atom stereocenters. The van der Waals surface area contributed by atoms with Crippen LogP contribution in [0.1, 0.15) is 85.6 Å². The Morgan fingerprint density at radius 1 is 0.933 bits per heavy atom. The Morgan fingerprint density at radius 3 is 2.17 bits per heavy atom. The number of rotatable bonds is 9. The molecule has 0 bridgehead atoms. The van der Waals surface area contributed by atoms with Gasteiger partial charge in [-0.05, 0) is 110 Å². The second-order valence-electron chi connectivity index (χ2n) is 9.43. The van der Waals surface area contributed by atoms with Crippen LogP contribution in [0, 0.1) is 0 Å². The smallest absolute Gasteiger partial charge is 0.123 e. The Labute approximate surface area is 184 Å². The first-order valence-corrected chi connectivity index (χ1v) is 11.3. The predicted octanol–water partition coefficient (Wildman–Crippen LogP) is 8.23. The van der Waals surface area contributed by atoms with Crippen LogP contribution in [0.25, 0.3) is 0 Å². The summed E-state index contributed by atoms with van der Waals surface area (Å²) in [4.78, 5) is 0. The summed E-state index contributed by atoms with van der Waals surface area (Å²) < 4.78 is 6.28. The van der Waals surface area contributed by atoms with Gasteiger partial charge in [-0.25, -0.2) is 0 Å². The lowest BCUT2D eigenvalue weighted by Crippen LogP contribution is -2.36. The van der Waals surface area contributed by atoms with Crippen LogP contribution in [0.3, 0.4) is 0 Å². The summed E-state index contributed by atoms with van der Waals surface area (Å²) in [5.74, 6) is 1.25. The van der Waals surface area contributed by atoms with E-state index in [1.54, 1.807) is 6.07 Å². The van der Waals surface area contributed by atoms with Gasteiger partial charge in [-0.1, -0.05) is 46.6 Å². The first-order chi connectivity index (χ1) is 14.2. The molecule has 2 rings (SSSR count). The maximum absolute atomic E-state index is 9.64. The second kappa shape index (κ2) is 11.2. The number of phenolic OH excluding ortho intramolecular Hbond substituents is 1. The lowest BCUT2D eigenvalue weighted by Gasteiger charge is -2.35. The van der Waals surface area contributed by atoms with Gasteiger partial charge < -0.3 is 9.84 Å². The van der Waals surface area contributed by atoms with Crippen molar-refractivity contribution in [3.05, 3.63) is 70.4 Å². The zero-order valence-electron chi connectivity index (χ0n) is 19.8. The molecule has 1 aliphatic rings. The molecule has 0 aromatic heterocycles. The zero-order valence-corrected chi connectivity index (χ0v) is 19.8. The molecule has 0 aliphatic carbocycles. The van der Waals surface area contributed by atoms with E-state index in [1.165, 1.54) is 22.3 Å². The molecular formula is C28H40O2. The molecule has 1 aromatic carbocycles. The number of aryl methyl sites for hydroxylation is 1. The van der Waals surface area contributed by atoms with E-state index in [0.29, 0.717) is 5.75 Å². The summed E-state index contributed by atoms with van der Waals surface area (Å²) in [5, 5.41) is 9.64. The molecule has 1 unspecified atom stereocenters. The van der Waals surface area contributed by atoms with E-state index >= 15 is 0 Å². The first kappa shape index (κ1) is 24.1. The van der Waals surface area contributed by atoms with Crippen LogP contribution in [0.15, 0.2) is 64.8 Å². The Balaban J connectivity index is 1.79. The molecule has 1 N–H and O–H groups in total. The number of allylic oxidation sites excluding steroid dienone is 8. The summed E-state index contributed by atoms with van der Waals surface area (Å²) in [6.07, 6.45) is 16.5. The predicted molar refractivity (Wildman–Crippen MR) is 129 cm³/mol. The average molecular weight is 409 g/mol. The number of benzene rings is 1. The third-order valence-electron chi connectivity index (χ3n) is 5.87. The Bertz CT molecular complexity index is 834. The highest BCUT2D eigenvalue weighted by atomic mass is 16.5. The van der Waals surface area contributed by atoms with E-state index in [2.05, 4.69) is 65.8 Å². The van der Waals surface area contributed by atoms with Gasteiger partial charge in [0.1, 0.15) is 17.1 Å². The van der Waals surface area contributed by atoms with E-state index in [4.69, 9.17) is 4.74 Å². The van der Waals surface area contributed by atoms with Crippen molar-refractivity contribution in [3.63, 3.8) is 0 Å². The van der Waals surface area contributed by atoms with Gasteiger partial charge >= 0.3 is 0 Å². The monoisotopic (exact) mass is 408 g/mol. The number of hydrogen-bond acceptors (Lipinski definition) is 2. The summed E-state index contributed by atoms with van der Waals surface area (Å²) in [7, 11) is 0. The largest absolute Gasteiger partial charge is 0.508 e. The summed E-state index contributed by atoms with van der Waals surface area (Å²) in [6, 6.07) is 5.43. The molecule has 1 aliphatic heterocycles. The molecule has 0 amide bonds. The van der Waals surface area contributed by atoms with Crippen molar-refractivity contribution in [2.45, 2.75) is 92.1 Å². The number of hydrogen-bond donors (Lipinski definition) is 1. The standard InChI is InChI=1S/C28H40O2/c1-21(2)9-10-23(4)13-14-24(5)12-11-22(3)8-7-18-28(6)19-17-25-20-26(29)15-16-27(25)30-28/h8-9,12-13,15-16,20,29H,7,10-11,14,17-19H2,1-6H3. The molecule has 0 saturated carbocycles. The summed E-state index contributed by atoms with van der Waals surface area (Å²) >= 11 is 0. The van der Waals surface area contributed by atoms with E-state index in [9.17, 15) is 5.11 Å². The second-order valence-corrected chi connectivity index (χ2v) is 9.43. The summed E-state index contributed by atoms with van der Waals surface area (Å²) in [6.45, 7) is 13.2. The third kappa shape index (κ3) is 8.26. The molecule has 0 radical (unpaired) electrons. The van der Waals surface area contributed by atoms with Crippen molar-refractivity contribution in [3.8, 4) is 11.5 Å². The fourth-order valence-corrected chi connectivity index (χ4v) is 3.66. The van der Waals surface area contributed by atoms with Crippen LogP contribution in [0.5, 0.6) is 11.5 Å². The van der Waals surface area contributed by atoms with Crippen molar-refractivity contribution in [2.75, 3.05) is 0 Å². The SMILES string of the molecule is CC(C)=CCC(C)=CCC(C)=CCC(C)=CCCC1(C)CCc2cc(O)ccc2O1. The van der Waals surface area contributed by atoms with Crippen LogP contribution in [0.4, 0.5) is 0 Å². The van der Waals surface area contributed by atoms with Crippen LogP contribution >= 0.6 is 0 Å². The molecule has 2 nitrogen and oxygen atoms in total. The lowest BCUT2D eigenvalue weighted by molar-refractivity contribution is 0.0570. The fourth-order valence-electron chi connectivity index (χ4n) is 3.66. The maximum Gasteiger partial charge on any atom is 0.123 e. The van der Waals surface area contributed by atoms with Crippen molar-refractivity contribution < 1.29 is 9.84 Å². The van der Waals surface area contributed by atoms with Gasteiger partial charge in [-0.15, -0.1) is 0 Å². The molecule has 1 aromatic rings. The molecule has 30 heavy (non-hydrogen) atoms. The van der Waals surface area contributed by atoms with Crippen LogP contribution in [-0.4, -0.2) is 10.7 Å². The number of phenols is 1. The van der Waals surface area contributed by atoms with Gasteiger partial charge in [-0.3, -0.25) is 0 Å². The molecule has 1 heterocycles. The maximum atomic E-state index is 9.64. The molecule has 0 spiro atoms. The number of ether oxygens (including phenoxy) is 1. The van der Waals surface area contributed by atoms with Crippen LogP contribution in [-0.2, 0) is 6.42 Å². The molecule has 164 valence electrons. The van der Waals surface area contributed by atoms with Crippen molar-refractivity contribution in [2.24, 2.45) is 0 Å². The quantitative estimate of drug-likeness (QED) is 0.417. The minimum Gasteiger partial charge on any atom is -0.508 e. The third-order valence-corrected chi connectivity index (χ3v) is 5.87. The number of fused-ring (bicyclic) bond motifs is 1. The lowest BCUT2D eigenvalue weighted by atomic mass is 9.88. The van der Waals surface area contributed by atoms with Gasteiger partial charge in [-0.2, -0.15) is 0 Å². The van der Waals surface area contributed by atoms with Gasteiger partial charge in [0.15, 0.2) is 0 Å². The average Bonchev–Trinajstić information content (AvgIpc) is 2.69. The normalized spacial score (nSPS) is 19.9. The highest BCUT2D eigenvalue weighted by Crippen LogP contribution is 2.37. The summed E-state index contributed by atoms with van der Waals surface area (Å²) in [5.41, 5.74) is 6.66. The first-order valence-electron chi connectivity index (χ1n) is 11.3. The van der Waals surface area contributed by atoms with Gasteiger partial charge in [0.25, 0.3) is 0 Å². The molecule has 0 saturated heterocycles. The Hall–Kier alpha value is -2.22. The zero-order chi connectivity index (χ0) is 22.1. The van der Waals surface area contributed by atoms with Gasteiger partial charge in [0.05, 0.1) is 0 Å². The molecule has 0 fully saturated rings. The minimum atomic E-state index is -0.125. The Kier molecular flexibility index (Phi) is 9.02.